The number of aryl methyl sites for hydroxylation is 2. The number of nitrogens with zero attached hydrogens (tertiary/aromatic N) is 2. The number of benzene rings is 3. The number of sulfonamides is 1. The SMILES string of the molecule is Cc1ccc(-c2nn(-c3ccccc3)cc2C(=O)Nc2ccc(NS(C)(=O)=O)cc2)c(C)c1. The van der Waals surface area contributed by atoms with E-state index in [9.17, 15) is 13.2 Å². The van der Waals surface area contributed by atoms with Crippen molar-refractivity contribution in [1.29, 1.82) is 0 Å². The minimum absolute atomic E-state index is 0.309. The van der Waals surface area contributed by atoms with Crippen molar-refractivity contribution < 1.29 is 13.2 Å². The van der Waals surface area contributed by atoms with E-state index in [1.54, 1.807) is 35.1 Å². The molecular weight excluding hydrogens is 436 g/mol. The summed E-state index contributed by atoms with van der Waals surface area (Å²) in [6.07, 6.45) is 2.81. The number of aromatic nitrogens is 2. The summed E-state index contributed by atoms with van der Waals surface area (Å²) in [6, 6.07) is 22.1. The highest BCUT2D eigenvalue weighted by Gasteiger charge is 2.20. The van der Waals surface area contributed by atoms with E-state index >= 15 is 0 Å². The minimum atomic E-state index is -3.37. The molecule has 0 bridgehead atoms. The van der Waals surface area contributed by atoms with E-state index in [2.05, 4.69) is 16.1 Å². The molecule has 0 saturated carbocycles. The van der Waals surface area contributed by atoms with E-state index in [-0.39, 0.29) is 5.91 Å². The highest BCUT2D eigenvalue weighted by molar-refractivity contribution is 7.92. The van der Waals surface area contributed by atoms with Gasteiger partial charge in [0.25, 0.3) is 5.91 Å². The quantitative estimate of drug-likeness (QED) is 0.433. The third-order valence-corrected chi connectivity index (χ3v) is 5.67. The molecule has 4 rings (SSSR count). The first kappa shape index (κ1) is 22.3. The van der Waals surface area contributed by atoms with Crippen LogP contribution in [0.15, 0.2) is 79.0 Å². The molecule has 3 aromatic carbocycles. The molecule has 33 heavy (non-hydrogen) atoms. The average Bonchev–Trinajstić information content (AvgIpc) is 3.20. The van der Waals surface area contributed by atoms with E-state index in [1.807, 2.05) is 56.3 Å². The maximum atomic E-state index is 13.3. The van der Waals surface area contributed by atoms with Crippen LogP contribution in [0, 0.1) is 13.8 Å². The molecule has 0 fully saturated rings. The molecule has 0 aliphatic rings. The van der Waals surface area contributed by atoms with Crippen LogP contribution >= 0.6 is 0 Å². The van der Waals surface area contributed by atoms with Gasteiger partial charge in [-0.05, 0) is 55.8 Å². The first-order valence-corrected chi connectivity index (χ1v) is 12.2. The maximum absolute atomic E-state index is 13.3. The molecule has 1 aromatic heterocycles. The Labute approximate surface area is 193 Å². The van der Waals surface area contributed by atoms with Crippen LogP contribution < -0.4 is 10.0 Å². The third-order valence-electron chi connectivity index (χ3n) is 5.06. The molecule has 0 saturated heterocycles. The van der Waals surface area contributed by atoms with Crippen LogP contribution in [-0.4, -0.2) is 30.4 Å². The fourth-order valence-electron chi connectivity index (χ4n) is 3.57. The Balaban J connectivity index is 1.69. The van der Waals surface area contributed by atoms with Gasteiger partial charge in [-0.2, -0.15) is 5.10 Å². The summed E-state index contributed by atoms with van der Waals surface area (Å²) in [5.41, 5.74) is 5.87. The summed E-state index contributed by atoms with van der Waals surface area (Å²) in [5, 5.41) is 7.62. The maximum Gasteiger partial charge on any atom is 0.259 e. The molecule has 168 valence electrons. The Morgan fingerprint density at radius 3 is 2.21 bits per heavy atom. The summed E-state index contributed by atoms with van der Waals surface area (Å²) in [6.45, 7) is 4.02. The molecule has 8 heteroatoms. The standard InChI is InChI=1S/C25H24N4O3S/c1-17-9-14-22(18(2)15-17)24-23(16-29(27-24)21-7-5-4-6-8-21)25(30)26-19-10-12-20(13-11-19)28-33(3,31)32/h4-16,28H,1-3H3,(H,26,30). The zero-order chi connectivity index (χ0) is 23.6. The summed E-state index contributed by atoms with van der Waals surface area (Å²) in [7, 11) is -3.37. The van der Waals surface area contributed by atoms with Crippen molar-refractivity contribution in [1.82, 2.24) is 9.78 Å². The molecule has 2 N–H and O–H groups in total. The number of amides is 1. The zero-order valence-corrected chi connectivity index (χ0v) is 19.3. The Kier molecular flexibility index (Phi) is 6.02. The molecular formula is C25H24N4O3S. The van der Waals surface area contributed by atoms with Gasteiger partial charge in [-0.3, -0.25) is 9.52 Å². The lowest BCUT2D eigenvalue weighted by Gasteiger charge is -2.09. The number of carbonyl (C=O) groups excluding carboxylic acids is 1. The van der Waals surface area contributed by atoms with Gasteiger partial charge in [0.15, 0.2) is 0 Å². The summed E-state index contributed by atoms with van der Waals surface area (Å²) < 4.78 is 26.9. The largest absolute Gasteiger partial charge is 0.322 e. The van der Waals surface area contributed by atoms with Crippen LogP contribution in [0.5, 0.6) is 0 Å². The van der Waals surface area contributed by atoms with Gasteiger partial charge < -0.3 is 5.32 Å². The molecule has 7 nitrogen and oxygen atoms in total. The number of nitrogens with one attached hydrogen (secondary N) is 2. The van der Waals surface area contributed by atoms with E-state index in [4.69, 9.17) is 5.10 Å². The highest BCUT2D eigenvalue weighted by Crippen LogP contribution is 2.28. The van der Waals surface area contributed by atoms with Crippen molar-refractivity contribution in [3.63, 3.8) is 0 Å². The van der Waals surface area contributed by atoms with Crippen LogP contribution in [0.25, 0.3) is 16.9 Å². The second-order valence-corrected chi connectivity index (χ2v) is 9.64. The van der Waals surface area contributed by atoms with E-state index in [0.29, 0.717) is 22.6 Å². The number of anilines is 2. The predicted molar refractivity (Wildman–Crippen MR) is 131 cm³/mol. The van der Waals surface area contributed by atoms with Gasteiger partial charge in [0.1, 0.15) is 5.69 Å². The number of rotatable bonds is 6. The summed E-state index contributed by atoms with van der Waals surface area (Å²) >= 11 is 0. The van der Waals surface area contributed by atoms with Crippen molar-refractivity contribution >= 4 is 27.3 Å². The van der Waals surface area contributed by atoms with Gasteiger partial charge in [0.05, 0.1) is 17.5 Å². The monoisotopic (exact) mass is 460 g/mol. The van der Waals surface area contributed by atoms with Crippen molar-refractivity contribution in [2.45, 2.75) is 13.8 Å². The van der Waals surface area contributed by atoms with Crippen LogP contribution in [0.3, 0.4) is 0 Å². The summed E-state index contributed by atoms with van der Waals surface area (Å²) in [4.78, 5) is 13.3. The highest BCUT2D eigenvalue weighted by atomic mass is 32.2. The molecule has 0 aliphatic carbocycles. The van der Waals surface area contributed by atoms with Crippen molar-refractivity contribution in [3.8, 4) is 16.9 Å². The minimum Gasteiger partial charge on any atom is -0.322 e. The van der Waals surface area contributed by atoms with Crippen molar-refractivity contribution in [2.75, 3.05) is 16.3 Å². The fourth-order valence-corrected chi connectivity index (χ4v) is 4.13. The number of hydrogen-bond acceptors (Lipinski definition) is 4. The Morgan fingerprint density at radius 2 is 1.58 bits per heavy atom. The lowest BCUT2D eigenvalue weighted by atomic mass is 10.0. The molecule has 1 heterocycles. The Hall–Kier alpha value is -3.91. The van der Waals surface area contributed by atoms with Gasteiger partial charge in [-0.1, -0.05) is 42.0 Å². The van der Waals surface area contributed by atoms with E-state index < -0.39 is 10.0 Å². The second kappa shape index (κ2) is 8.91. The topological polar surface area (TPSA) is 93.1 Å². The molecule has 0 spiro atoms. The van der Waals surface area contributed by atoms with Gasteiger partial charge in [0.2, 0.25) is 10.0 Å². The summed E-state index contributed by atoms with van der Waals surface area (Å²) in [5.74, 6) is -0.309. The third kappa shape index (κ3) is 5.30. The normalized spacial score (nSPS) is 11.2. The van der Waals surface area contributed by atoms with Crippen molar-refractivity contribution in [2.24, 2.45) is 0 Å². The predicted octanol–water partition coefficient (Wildman–Crippen LogP) is 4.78. The lowest BCUT2D eigenvalue weighted by molar-refractivity contribution is 0.102. The number of carbonyl (C=O) groups is 1. The molecule has 0 atom stereocenters. The zero-order valence-electron chi connectivity index (χ0n) is 18.5. The van der Waals surface area contributed by atoms with Crippen LogP contribution in [0.1, 0.15) is 21.5 Å². The van der Waals surface area contributed by atoms with Crippen molar-refractivity contribution in [3.05, 3.63) is 95.7 Å². The van der Waals surface area contributed by atoms with E-state index in [1.165, 1.54) is 0 Å². The van der Waals surface area contributed by atoms with Gasteiger partial charge in [-0.25, -0.2) is 13.1 Å². The van der Waals surface area contributed by atoms with Gasteiger partial charge in [0, 0.05) is 23.1 Å². The van der Waals surface area contributed by atoms with Gasteiger partial charge >= 0.3 is 0 Å². The first-order chi connectivity index (χ1) is 15.7. The average molecular weight is 461 g/mol. The molecule has 0 radical (unpaired) electrons. The Bertz CT molecular complexity index is 1410. The van der Waals surface area contributed by atoms with Crippen LogP contribution in [0.2, 0.25) is 0 Å². The molecule has 1 amide bonds. The first-order valence-electron chi connectivity index (χ1n) is 10.3. The second-order valence-electron chi connectivity index (χ2n) is 7.90. The van der Waals surface area contributed by atoms with E-state index in [0.717, 1.165) is 28.6 Å². The Morgan fingerprint density at radius 1 is 0.909 bits per heavy atom. The fraction of sp³-hybridized carbons (Fsp3) is 0.120. The number of para-hydroxylation sites is 1. The smallest absolute Gasteiger partial charge is 0.259 e. The lowest BCUT2D eigenvalue weighted by Crippen LogP contribution is -2.13. The molecule has 4 aromatic rings. The van der Waals surface area contributed by atoms with Crippen LogP contribution in [0.4, 0.5) is 11.4 Å². The number of hydrogen-bond donors (Lipinski definition) is 2. The molecule has 0 aliphatic heterocycles. The van der Waals surface area contributed by atoms with Gasteiger partial charge in [-0.15, -0.1) is 0 Å². The molecule has 0 unspecified atom stereocenters. The van der Waals surface area contributed by atoms with Crippen LogP contribution in [-0.2, 0) is 10.0 Å².